The third-order valence-corrected chi connectivity index (χ3v) is 6.18. The zero-order chi connectivity index (χ0) is 13.3. The summed E-state index contributed by atoms with van der Waals surface area (Å²) in [6, 6.07) is 2.50. The molecule has 0 radical (unpaired) electrons. The van der Waals surface area contributed by atoms with Crippen LogP contribution in [0.5, 0.6) is 0 Å². The Morgan fingerprint density at radius 1 is 1.39 bits per heavy atom. The molecule has 0 saturated carbocycles. The summed E-state index contributed by atoms with van der Waals surface area (Å²) < 4.78 is 26.7. The molecule has 2 N–H and O–H groups in total. The molecule has 0 aliphatic carbocycles. The molecule has 2 aromatic heterocycles. The Morgan fingerprint density at radius 3 is 2.61 bits per heavy atom. The van der Waals surface area contributed by atoms with E-state index >= 15 is 0 Å². The quantitative estimate of drug-likeness (QED) is 0.863. The van der Waals surface area contributed by atoms with Gasteiger partial charge in [0.25, 0.3) is 10.0 Å². The van der Waals surface area contributed by atoms with Gasteiger partial charge in [-0.1, -0.05) is 11.3 Å². The van der Waals surface area contributed by atoms with Crippen LogP contribution < -0.4 is 4.72 Å². The minimum absolute atomic E-state index is 0.0318. The Labute approximate surface area is 118 Å². The molecule has 0 saturated heterocycles. The van der Waals surface area contributed by atoms with E-state index in [1.54, 1.807) is 0 Å². The molecule has 0 amide bonds. The standard InChI is InChI=1S/C8H5BrN2O4S3/c9-5-3-10-8(17-5)11-18(14,15)6-2-1-4(16-6)7(12)13/h1-3H,(H,10,11)(H,12,13). The maximum atomic E-state index is 11.9. The molecule has 0 fully saturated rings. The van der Waals surface area contributed by atoms with Gasteiger partial charge >= 0.3 is 5.97 Å². The minimum Gasteiger partial charge on any atom is -0.477 e. The maximum Gasteiger partial charge on any atom is 0.345 e. The van der Waals surface area contributed by atoms with Crippen LogP contribution in [0.2, 0.25) is 0 Å². The second-order valence-electron chi connectivity index (χ2n) is 3.00. The number of thiophene rings is 1. The summed E-state index contributed by atoms with van der Waals surface area (Å²) in [4.78, 5) is 14.5. The van der Waals surface area contributed by atoms with Gasteiger partial charge in [-0.2, -0.15) is 0 Å². The summed E-state index contributed by atoms with van der Waals surface area (Å²) in [5, 5.41) is 8.95. The number of aromatic carboxylic acids is 1. The molecule has 2 aromatic rings. The number of hydrogen-bond acceptors (Lipinski definition) is 6. The van der Waals surface area contributed by atoms with Gasteiger partial charge in [-0.3, -0.25) is 4.72 Å². The van der Waals surface area contributed by atoms with Crippen molar-refractivity contribution in [1.82, 2.24) is 4.98 Å². The van der Waals surface area contributed by atoms with E-state index in [1.807, 2.05) is 0 Å². The van der Waals surface area contributed by atoms with Gasteiger partial charge in [0.05, 0.1) is 9.98 Å². The van der Waals surface area contributed by atoms with Gasteiger partial charge in [-0.25, -0.2) is 18.2 Å². The van der Waals surface area contributed by atoms with Crippen LogP contribution in [0.3, 0.4) is 0 Å². The molecule has 0 unspecified atom stereocenters. The first-order chi connectivity index (χ1) is 8.38. The minimum atomic E-state index is -3.78. The first kappa shape index (κ1) is 13.5. The van der Waals surface area contributed by atoms with Crippen molar-refractivity contribution in [3.05, 3.63) is 27.0 Å². The largest absolute Gasteiger partial charge is 0.477 e. The van der Waals surface area contributed by atoms with E-state index in [-0.39, 0.29) is 14.2 Å². The van der Waals surface area contributed by atoms with Crippen LogP contribution in [0.15, 0.2) is 26.3 Å². The molecule has 0 bridgehead atoms. The number of carboxylic acids is 1. The normalized spacial score (nSPS) is 11.4. The number of hydrogen-bond donors (Lipinski definition) is 2. The highest BCUT2D eigenvalue weighted by molar-refractivity contribution is 9.11. The van der Waals surface area contributed by atoms with Gasteiger partial charge in [0, 0.05) is 0 Å². The lowest BCUT2D eigenvalue weighted by Gasteiger charge is -2.01. The lowest BCUT2D eigenvalue weighted by atomic mass is 10.5. The van der Waals surface area contributed by atoms with E-state index in [4.69, 9.17) is 5.11 Å². The molecule has 0 aliphatic heterocycles. The van der Waals surface area contributed by atoms with Crippen LogP contribution in [0.25, 0.3) is 0 Å². The fourth-order valence-corrected chi connectivity index (χ4v) is 4.54. The number of anilines is 1. The summed E-state index contributed by atoms with van der Waals surface area (Å²) >= 11 is 4.98. The second-order valence-corrected chi connectivity index (χ2v) is 8.40. The highest BCUT2D eigenvalue weighted by Gasteiger charge is 2.20. The fraction of sp³-hybridized carbons (Fsp3) is 0. The number of nitrogens with zero attached hydrogens (tertiary/aromatic N) is 1. The number of rotatable bonds is 4. The molecule has 0 aliphatic rings. The van der Waals surface area contributed by atoms with E-state index in [1.165, 1.54) is 18.3 Å². The first-order valence-electron chi connectivity index (χ1n) is 4.36. The third kappa shape index (κ3) is 2.88. The fourth-order valence-electron chi connectivity index (χ4n) is 1.05. The predicted octanol–water partition coefficient (Wildman–Crippen LogP) is 2.47. The second kappa shape index (κ2) is 4.96. The maximum absolute atomic E-state index is 11.9. The molecular weight excluding hydrogens is 364 g/mol. The number of halogens is 1. The van der Waals surface area contributed by atoms with Gasteiger partial charge in [-0.05, 0) is 28.1 Å². The average Bonchev–Trinajstić information content (AvgIpc) is 2.86. The Bertz CT molecular complexity index is 691. The lowest BCUT2D eigenvalue weighted by Crippen LogP contribution is -2.11. The van der Waals surface area contributed by atoms with Crippen molar-refractivity contribution in [2.45, 2.75) is 4.21 Å². The van der Waals surface area contributed by atoms with Gasteiger partial charge < -0.3 is 5.11 Å². The predicted molar refractivity (Wildman–Crippen MR) is 71.9 cm³/mol. The van der Waals surface area contributed by atoms with Crippen molar-refractivity contribution < 1.29 is 18.3 Å². The molecular formula is C8H5BrN2O4S3. The van der Waals surface area contributed by atoms with Crippen LogP contribution in [-0.4, -0.2) is 24.5 Å². The van der Waals surface area contributed by atoms with Crippen LogP contribution >= 0.6 is 38.6 Å². The number of thiazole rings is 1. The van der Waals surface area contributed by atoms with Crippen molar-refractivity contribution in [2.24, 2.45) is 0 Å². The van der Waals surface area contributed by atoms with Crippen molar-refractivity contribution in [1.29, 1.82) is 0 Å². The molecule has 0 spiro atoms. The van der Waals surface area contributed by atoms with Crippen LogP contribution in [0.4, 0.5) is 5.13 Å². The number of aromatic nitrogens is 1. The molecule has 96 valence electrons. The molecule has 0 aromatic carbocycles. The van der Waals surface area contributed by atoms with E-state index < -0.39 is 16.0 Å². The number of sulfonamides is 1. The number of carbonyl (C=O) groups is 1. The van der Waals surface area contributed by atoms with Crippen LogP contribution in [0.1, 0.15) is 9.67 Å². The number of nitrogens with one attached hydrogen (secondary N) is 1. The van der Waals surface area contributed by atoms with Crippen molar-refractivity contribution in [3.63, 3.8) is 0 Å². The van der Waals surface area contributed by atoms with E-state index in [9.17, 15) is 13.2 Å². The molecule has 2 heterocycles. The summed E-state index contributed by atoms with van der Waals surface area (Å²) in [6.45, 7) is 0. The van der Waals surface area contributed by atoms with Crippen molar-refractivity contribution >= 4 is 59.7 Å². The highest BCUT2D eigenvalue weighted by Crippen LogP contribution is 2.28. The van der Waals surface area contributed by atoms with Gasteiger partial charge in [0.15, 0.2) is 5.13 Å². The zero-order valence-corrected chi connectivity index (χ0v) is 12.5. The van der Waals surface area contributed by atoms with E-state index in [0.29, 0.717) is 15.1 Å². The van der Waals surface area contributed by atoms with E-state index in [2.05, 4.69) is 25.6 Å². The van der Waals surface area contributed by atoms with Crippen LogP contribution in [0, 0.1) is 0 Å². The molecule has 6 nitrogen and oxygen atoms in total. The van der Waals surface area contributed by atoms with Gasteiger partial charge in [0.2, 0.25) is 0 Å². The van der Waals surface area contributed by atoms with Gasteiger partial charge in [0.1, 0.15) is 9.09 Å². The first-order valence-corrected chi connectivity index (χ1v) is 8.27. The monoisotopic (exact) mass is 368 g/mol. The molecule has 18 heavy (non-hydrogen) atoms. The molecule has 2 rings (SSSR count). The lowest BCUT2D eigenvalue weighted by molar-refractivity contribution is 0.0702. The zero-order valence-electron chi connectivity index (χ0n) is 8.45. The Hall–Kier alpha value is -0.970. The van der Waals surface area contributed by atoms with Crippen molar-refractivity contribution in [2.75, 3.05) is 4.72 Å². The van der Waals surface area contributed by atoms with Crippen LogP contribution in [-0.2, 0) is 10.0 Å². The summed E-state index contributed by atoms with van der Waals surface area (Å²) in [5.41, 5.74) is 0. The summed E-state index contributed by atoms with van der Waals surface area (Å²) in [6.07, 6.45) is 1.47. The third-order valence-electron chi connectivity index (χ3n) is 1.76. The summed E-state index contributed by atoms with van der Waals surface area (Å²) in [7, 11) is -3.78. The Balaban J connectivity index is 2.27. The van der Waals surface area contributed by atoms with Gasteiger partial charge in [-0.15, -0.1) is 11.3 Å². The molecule has 0 atom stereocenters. The summed E-state index contributed by atoms with van der Waals surface area (Å²) in [5.74, 6) is -1.15. The smallest absolute Gasteiger partial charge is 0.345 e. The Morgan fingerprint density at radius 2 is 2.11 bits per heavy atom. The highest BCUT2D eigenvalue weighted by atomic mass is 79.9. The average molecular weight is 369 g/mol. The topological polar surface area (TPSA) is 96.4 Å². The Kier molecular flexibility index (Phi) is 3.71. The van der Waals surface area contributed by atoms with Crippen molar-refractivity contribution in [3.8, 4) is 0 Å². The van der Waals surface area contributed by atoms with E-state index in [0.717, 1.165) is 11.3 Å². The number of carboxylic acid groups (broad SMARTS) is 1. The SMILES string of the molecule is O=C(O)c1ccc(S(=O)(=O)Nc2ncc(Br)s2)s1. The molecule has 10 heteroatoms.